The minimum absolute atomic E-state index is 0.131. The van der Waals surface area contributed by atoms with Crippen molar-refractivity contribution in [1.29, 1.82) is 0 Å². The van der Waals surface area contributed by atoms with Gasteiger partial charge in [-0.05, 0) is 93.8 Å². The lowest BCUT2D eigenvalue weighted by Crippen LogP contribution is -2.34. The fourth-order valence-corrected chi connectivity index (χ4v) is 6.30. The molecule has 3 saturated carbocycles. The standard InChI is InChI=1S/C24H42O2/c1-4-18-6-13-22(14-7-18)26-24(25)21-11-9-20(10-12-21)23-15-8-19(5-2)16-17(23)3/h17-23H,4-16H2,1-3H3/t17-,18?,19+,20?,21?,22?,23-/m1/s1. The van der Waals surface area contributed by atoms with Gasteiger partial charge in [0.2, 0.25) is 0 Å². The van der Waals surface area contributed by atoms with Gasteiger partial charge in [-0.15, -0.1) is 0 Å². The second-order valence-corrected chi connectivity index (χ2v) is 9.83. The van der Waals surface area contributed by atoms with Crippen LogP contribution in [0.15, 0.2) is 0 Å². The normalized spacial score (nSPS) is 41.6. The molecule has 3 atom stereocenters. The van der Waals surface area contributed by atoms with Gasteiger partial charge in [0.25, 0.3) is 0 Å². The van der Waals surface area contributed by atoms with Crippen molar-refractivity contribution < 1.29 is 9.53 Å². The van der Waals surface area contributed by atoms with E-state index in [1.807, 2.05) is 0 Å². The Hall–Kier alpha value is -0.530. The molecule has 0 radical (unpaired) electrons. The molecule has 2 nitrogen and oxygen atoms in total. The second-order valence-electron chi connectivity index (χ2n) is 9.83. The summed E-state index contributed by atoms with van der Waals surface area (Å²) >= 11 is 0. The number of hydrogen-bond donors (Lipinski definition) is 0. The molecule has 0 saturated heterocycles. The first-order chi connectivity index (χ1) is 12.6. The molecule has 0 N–H and O–H groups in total. The van der Waals surface area contributed by atoms with Crippen LogP contribution in [0.3, 0.4) is 0 Å². The summed E-state index contributed by atoms with van der Waals surface area (Å²) in [6.45, 7) is 7.12. The minimum atomic E-state index is 0.131. The highest BCUT2D eigenvalue weighted by Gasteiger charge is 2.37. The van der Waals surface area contributed by atoms with E-state index in [4.69, 9.17) is 4.74 Å². The Kier molecular flexibility index (Phi) is 7.46. The van der Waals surface area contributed by atoms with E-state index < -0.39 is 0 Å². The van der Waals surface area contributed by atoms with Crippen LogP contribution in [-0.2, 0) is 9.53 Å². The van der Waals surface area contributed by atoms with Gasteiger partial charge < -0.3 is 4.74 Å². The van der Waals surface area contributed by atoms with Gasteiger partial charge in [-0.2, -0.15) is 0 Å². The molecular formula is C24H42O2. The van der Waals surface area contributed by atoms with Gasteiger partial charge in [-0.1, -0.05) is 40.0 Å². The van der Waals surface area contributed by atoms with Gasteiger partial charge in [0.05, 0.1) is 5.92 Å². The van der Waals surface area contributed by atoms with E-state index in [2.05, 4.69) is 20.8 Å². The summed E-state index contributed by atoms with van der Waals surface area (Å²) in [7, 11) is 0. The molecular weight excluding hydrogens is 320 g/mol. The maximum absolute atomic E-state index is 12.6. The fraction of sp³-hybridized carbons (Fsp3) is 0.958. The van der Waals surface area contributed by atoms with Gasteiger partial charge in [-0.3, -0.25) is 4.79 Å². The van der Waals surface area contributed by atoms with Crippen molar-refractivity contribution in [1.82, 2.24) is 0 Å². The summed E-state index contributed by atoms with van der Waals surface area (Å²) in [5.41, 5.74) is 0. The van der Waals surface area contributed by atoms with Crippen LogP contribution in [0, 0.1) is 35.5 Å². The van der Waals surface area contributed by atoms with Crippen LogP contribution in [0.5, 0.6) is 0 Å². The first kappa shape index (κ1) is 20.2. The molecule has 2 heteroatoms. The van der Waals surface area contributed by atoms with Crippen LogP contribution < -0.4 is 0 Å². The van der Waals surface area contributed by atoms with Crippen molar-refractivity contribution in [3.8, 4) is 0 Å². The molecule has 0 amide bonds. The molecule has 0 bridgehead atoms. The number of hydrogen-bond acceptors (Lipinski definition) is 2. The minimum Gasteiger partial charge on any atom is -0.462 e. The summed E-state index contributed by atoms with van der Waals surface area (Å²) in [5.74, 6) is 4.83. The molecule has 0 spiro atoms. The number of carbonyl (C=O) groups is 1. The van der Waals surface area contributed by atoms with Crippen molar-refractivity contribution in [2.45, 2.75) is 110 Å². The quantitative estimate of drug-likeness (QED) is 0.505. The zero-order valence-corrected chi connectivity index (χ0v) is 17.6. The number of carbonyl (C=O) groups excluding carboxylic acids is 1. The summed E-state index contributed by atoms with van der Waals surface area (Å²) < 4.78 is 5.92. The SMILES string of the molecule is CCC1CCC(OC(=O)C2CCC([C@@H]3CC[C@H](CC)C[C@H]3C)CC2)CC1. The van der Waals surface area contributed by atoms with Crippen molar-refractivity contribution in [2.75, 3.05) is 0 Å². The summed E-state index contributed by atoms with van der Waals surface area (Å²) in [4.78, 5) is 12.6. The van der Waals surface area contributed by atoms with Crippen molar-refractivity contribution in [3.63, 3.8) is 0 Å². The Balaban J connectivity index is 1.40. The van der Waals surface area contributed by atoms with Crippen molar-refractivity contribution in [3.05, 3.63) is 0 Å². The highest BCUT2D eigenvalue weighted by atomic mass is 16.5. The first-order valence-electron chi connectivity index (χ1n) is 11.8. The van der Waals surface area contributed by atoms with E-state index in [0.29, 0.717) is 0 Å². The highest BCUT2D eigenvalue weighted by molar-refractivity contribution is 5.72. The van der Waals surface area contributed by atoms with Crippen molar-refractivity contribution >= 4 is 5.97 Å². The van der Waals surface area contributed by atoms with Gasteiger partial charge in [0.15, 0.2) is 0 Å². The van der Waals surface area contributed by atoms with Crippen LogP contribution in [0.2, 0.25) is 0 Å². The molecule has 0 aromatic heterocycles. The molecule has 0 aliphatic heterocycles. The molecule has 3 fully saturated rings. The topological polar surface area (TPSA) is 26.3 Å². The Morgan fingerprint density at radius 1 is 0.808 bits per heavy atom. The van der Waals surface area contributed by atoms with Gasteiger partial charge >= 0.3 is 5.97 Å². The Morgan fingerprint density at radius 2 is 1.42 bits per heavy atom. The van der Waals surface area contributed by atoms with Crippen LogP contribution in [0.25, 0.3) is 0 Å². The van der Waals surface area contributed by atoms with Gasteiger partial charge in [0, 0.05) is 0 Å². The van der Waals surface area contributed by atoms with E-state index in [-0.39, 0.29) is 18.0 Å². The second kappa shape index (κ2) is 9.60. The summed E-state index contributed by atoms with van der Waals surface area (Å²) in [5, 5.41) is 0. The molecule has 3 aliphatic carbocycles. The first-order valence-corrected chi connectivity index (χ1v) is 11.8. The molecule has 0 heterocycles. The Labute approximate surface area is 161 Å². The highest BCUT2D eigenvalue weighted by Crippen LogP contribution is 2.45. The molecule has 3 aliphatic rings. The third kappa shape index (κ3) is 5.04. The predicted octanol–water partition coefficient (Wildman–Crippen LogP) is 6.77. The lowest BCUT2D eigenvalue weighted by Gasteiger charge is -2.41. The van der Waals surface area contributed by atoms with E-state index >= 15 is 0 Å². The fourth-order valence-electron chi connectivity index (χ4n) is 6.30. The summed E-state index contributed by atoms with van der Waals surface area (Å²) in [6.07, 6.45) is 16.5. The lowest BCUT2D eigenvalue weighted by atomic mass is 9.64. The summed E-state index contributed by atoms with van der Waals surface area (Å²) in [6, 6.07) is 0. The largest absolute Gasteiger partial charge is 0.462 e. The van der Waals surface area contributed by atoms with Crippen molar-refractivity contribution in [2.24, 2.45) is 35.5 Å². The average molecular weight is 363 g/mol. The zero-order valence-electron chi connectivity index (χ0n) is 17.6. The molecule has 0 unspecified atom stereocenters. The lowest BCUT2D eigenvalue weighted by molar-refractivity contribution is -0.157. The number of ether oxygens (including phenoxy) is 1. The molecule has 150 valence electrons. The molecule has 0 aromatic rings. The van der Waals surface area contributed by atoms with E-state index in [0.717, 1.165) is 55.3 Å². The zero-order chi connectivity index (χ0) is 18.5. The number of esters is 1. The smallest absolute Gasteiger partial charge is 0.309 e. The molecule has 26 heavy (non-hydrogen) atoms. The maximum atomic E-state index is 12.6. The monoisotopic (exact) mass is 362 g/mol. The van der Waals surface area contributed by atoms with Crippen LogP contribution >= 0.6 is 0 Å². The van der Waals surface area contributed by atoms with Gasteiger partial charge in [-0.25, -0.2) is 0 Å². The Bertz CT molecular complexity index is 429. The Morgan fingerprint density at radius 3 is 2.00 bits per heavy atom. The third-order valence-corrected chi connectivity index (χ3v) is 8.29. The molecule has 3 rings (SSSR count). The van der Waals surface area contributed by atoms with Crippen LogP contribution in [0.1, 0.15) is 104 Å². The number of rotatable bonds is 5. The van der Waals surface area contributed by atoms with Gasteiger partial charge in [0.1, 0.15) is 6.10 Å². The maximum Gasteiger partial charge on any atom is 0.309 e. The van der Waals surface area contributed by atoms with Crippen LogP contribution in [0.4, 0.5) is 0 Å². The van der Waals surface area contributed by atoms with E-state index in [1.165, 1.54) is 57.8 Å². The predicted molar refractivity (Wildman–Crippen MR) is 108 cm³/mol. The third-order valence-electron chi connectivity index (χ3n) is 8.29. The van der Waals surface area contributed by atoms with E-state index in [9.17, 15) is 4.79 Å². The molecule has 0 aromatic carbocycles. The van der Waals surface area contributed by atoms with Crippen LogP contribution in [-0.4, -0.2) is 12.1 Å². The van der Waals surface area contributed by atoms with E-state index in [1.54, 1.807) is 0 Å². The average Bonchev–Trinajstić information content (AvgIpc) is 2.68.